The highest BCUT2D eigenvalue weighted by Gasteiger charge is 2.26. The molecule has 1 aliphatic heterocycles. The Balaban J connectivity index is 1.22. The van der Waals surface area contributed by atoms with Gasteiger partial charge < -0.3 is 14.5 Å². The highest BCUT2D eigenvalue weighted by atomic mass is 32.2. The van der Waals surface area contributed by atoms with E-state index in [0.29, 0.717) is 48.1 Å². The first kappa shape index (κ1) is 28.3. The molecule has 1 aliphatic rings. The fraction of sp³-hybridized carbons (Fsp3) is 0.226. The molecule has 0 radical (unpaired) electrons. The predicted molar refractivity (Wildman–Crippen MR) is 167 cm³/mol. The highest BCUT2D eigenvalue weighted by molar-refractivity contribution is 7.93. The Morgan fingerprint density at radius 3 is 2.49 bits per heavy atom. The molecule has 0 unspecified atom stereocenters. The Kier molecular flexibility index (Phi) is 7.55. The molecule has 12 heteroatoms. The third-order valence-corrected chi connectivity index (χ3v) is 8.91. The van der Waals surface area contributed by atoms with Crippen LogP contribution in [0.25, 0.3) is 22.2 Å². The third kappa shape index (κ3) is 5.66. The van der Waals surface area contributed by atoms with Crippen molar-refractivity contribution in [3.05, 3.63) is 101 Å². The van der Waals surface area contributed by atoms with Crippen molar-refractivity contribution in [3.63, 3.8) is 0 Å². The number of hydrogen-bond acceptors (Lipinski definition) is 9. The fourth-order valence-corrected chi connectivity index (χ4v) is 6.56. The van der Waals surface area contributed by atoms with Gasteiger partial charge in [-0.2, -0.15) is 0 Å². The highest BCUT2D eigenvalue weighted by Crippen LogP contribution is 2.32. The summed E-state index contributed by atoms with van der Waals surface area (Å²) < 4.78 is 37.3. The Hall–Kier alpha value is -4.81. The van der Waals surface area contributed by atoms with Crippen LogP contribution in [0.5, 0.6) is 0 Å². The second kappa shape index (κ2) is 11.5. The van der Waals surface area contributed by atoms with E-state index < -0.39 is 10.0 Å². The summed E-state index contributed by atoms with van der Waals surface area (Å²) in [7, 11) is 1.69. The maximum Gasteiger partial charge on any atom is 0.262 e. The quantitative estimate of drug-likeness (QED) is 0.298. The SMILES string of the molecule is CN(C)c1cccc2c(S(=O)(=O)Nc3ccc([C@H]4CN(c5nc(-c6ccncn6)cc(=O)n5C)CCO4)cc3)cccc12. The Bertz CT molecular complexity index is 1950. The zero-order chi connectivity index (χ0) is 30.1. The number of aromatic nitrogens is 4. The molecule has 43 heavy (non-hydrogen) atoms. The van der Waals surface area contributed by atoms with Crippen LogP contribution in [0.3, 0.4) is 0 Å². The van der Waals surface area contributed by atoms with E-state index in [-0.39, 0.29) is 16.6 Å². The minimum atomic E-state index is -3.86. The summed E-state index contributed by atoms with van der Waals surface area (Å²) in [6.45, 7) is 1.45. The molecule has 0 amide bonds. The monoisotopic (exact) mass is 597 g/mol. The van der Waals surface area contributed by atoms with E-state index in [1.54, 1.807) is 43.6 Å². The van der Waals surface area contributed by atoms with Crippen LogP contribution in [0.1, 0.15) is 11.7 Å². The summed E-state index contributed by atoms with van der Waals surface area (Å²) >= 11 is 0. The predicted octanol–water partition coefficient (Wildman–Crippen LogP) is 3.84. The number of sulfonamides is 1. The van der Waals surface area contributed by atoms with E-state index in [0.717, 1.165) is 16.6 Å². The van der Waals surface area contributed by atoms with Gasteiger partial charge in [0.05, 0.1) is 29.4 Å². The van der Waals surface area contributed by atoms with Crippen LogP contribution >= 0.6 is 0 Å². The van der Waals surface area contributed by atoms with Crippen molar-refractivity contribution in [1.29, 1.82) is 0 Å². The molecule has 0 bridgehead atoms. The molecule has 1 fully saturated rings. The van der Waals surface area contributed by atoms with Crippen molar-refractivity contribution in [2.24, 2.45) is 7.05 Å². The van der Waals surface area contributed by atoms with Crippen molar-refractivity contribution in [2.45, 2.75) is 11.0 Å². The smallest absolute Gasteiger partial charge is 0.262 e. The lowest BCUT2D eigenvalue weighted by Gasteiger charge is -2.34. The standard InChI is InChI=1S/C31H31N7O4S/c1-36(2)27-8-4-7-24-23(27)6-5-9-29(24)43(40,41)35-22-12-10-21(11-13-22)28-19-38(16-17-42-28)31-34-26(18-30(39)37(31)3)25-14-15-32-20-33-25/h4-15,18,20,28,35H,16-17,19H2,1-3H3/t28-/m1/s1. The van der Waals surface area contributed by atoms with E-state index >= 15 is 0 Å². The molecular weight excluding hydrogens is 566 g/mol. The molecule has 1 saturated heterocycles. The van der Waals surface area contributed by atoms with Gasteiger partial charge in [-0.15, -0.1) is 0 Å². The number of ether oxygens (including phenoxy) is 1. The van der Waals surface area contributed by atoms with Gasteiger partial charge in [0.2, 0.25) is 5.95 Å². The first-order valence-electron chi connectivity index (χ1n) is 13.7. The van der Waals surface area contributed by atoms with Crippen LogP contribution in [-0.4, -0.2) is 61.7 Å². The number of nitrogens with one attached hydrogen (secondary N) is 1. The molecule has 0 saturated carbocycles. The van der Waals surface area contributed by atoms with Crippen LogP contribution < -0.4 is 20.1 Å². The molecule has 220 valence electrons. The van der Waals surface area contributed by atoms with Crippen LogP contribution in [0.15, 0.2) is 95.0 Å². The van der Waals surface area contributed by atoms with Gasteiger partial charge in [-0.3, -0.25) is 14.1 Å². The van der Waals surface area contributed by atoms with E-state index in [2.05, 4.69) is 14.7 Å². The van der Waals surface area contributed by atoms with E-state index in [4.69, 9.17) is 9.72 Å². The second-order valence-corrected chi connectivity index (χ2v) is 12.1. The lowest BCUT2D eigenvalue weighted by atomic mass is 10.1. The van der Waals surface area contributed by atoms with Crippen LogP contribution in [0.4, 0.5) is 17.3 Å². The molecule has 1 N–H and O–H groups in total. The number of rotatable bonds is 7. The van der Waals surface area contributed by atoms with Crippen LogP contribution in [0.2, 0.25) is 0 Å². The zero-order valence-electron chi connectivity index (χ0n) is 24.0. The minimum Gasteiger partial charge on any atom is -0.377 e. The van der Waals surface area contributed by atoms with Gasteiger partial charge in [-0.05, 0) is 35.9 Å². The Labute approximate surface area is 249 Å². The average molecular weight is 598 g/mol. The van der Waals surface area contributed by atoms with Crippen molar-refractivity contribution in [3.8, 4) is 11.4 Å². The van der Waals surface area contributed by atoms with Gasteiger partial charge >= 0.3 is 0 Å². The largest absolute Gasteiger partial charge is 0.377 e. The summed E-state index contributed by atoms with van der Waals surface area (Å²) in [5, 5.41) is 1.51. The van der Waals surface area contributed by atoms with Gasteiger partial charge in [0.25, 0.3) is 15.6 Å². The van der Waals surface area contributed by atoms with Crippen LogP contribution in [0, 0.1) is 0 Å². The van der Waals surface area contributed by atoms with Gasteiger partial charge in [-0.25, -0.2) is 23.4 Å². The molecule has 6 rings (SSSR count). The van der Waals surface area contributed by atoms with Crippen molar-refractivity contribution < 1.29 is 13.2 Å². The summed E-state index contributed by atoms with van der Waals surface area (Å²) in [6, 6.07) is 21.3. The lowest BCUT2D eigenvalue weighted by molar-refractivity contribution is 0.0390. The summed E-state index contributed by atoms with van der Waals surface area (Å²) in [5.74, 6) is 0.520. The fourth-order valence-electron chi connectivity index (χ4n) is 5.28. The van der Waals surface area contributed by atoms with Crippen LogP contribution in [-0.2, 0) is 21.8 Å². The number of nitrogens with zero attached hydrogens (tertiary/aromatic N) is 6. The van der Waals surface area contributed by atoms with Gasteiger partial charge in [0.1, 0.15) is 12.4 Å². The molecule has 5 aromatic rings. The van der Waals surface area contributed by atoms with Gasteiger partial charge in [-0.1, -0.05) is 36.4 Å². The minimum absolute atomic E-state index is 0.192. The van der Waals surface area contributed by atoms with Crippen molar-refractivity contribution >= 4 is 38.1 Å². The number of benzene rings is 3. The lowest BCUT2D eigenvalue weighted by Crippen LogP contribution is -2.41. The zero-order valence-corrected chi connectivity index (χ0v) is 24.8. The maximum absolute atomic E-state index is 13.5. The molecular formula is C31H31N7O4S. The van der Waals surface area contributed by atoms with E-state index in [9.17, 15) is 13.2 Å². The third-order valence-electron chi connectivity index (χ3n) is 7.47. The van der Waals surface area contributed by atoms with E-state index in [1.165, 1.54) is 17.0 Å². The van der Waals surface area contributed by atoms with Crippen molar-refractivity contribution in [1.82, 2.24) is 19.5 Å². The number of fused-ring (bicyclic) bond motifs is 1. The van der Waals surface area contributed by atoms with Gasteiger partial charge in [0, 0.05) is 62.1 Å². The summed E-state index contributed by atoms with van der Waals surface area (Å²) in [6.07, 6.45) is 2.73. The summed E-state index contributed by atoms with van der Waals surface area (Å²) in [5.41, 5.74) is 3.12. The van der Waals surface area contributed by atoms with E-state index in [1.807, 2.05) is 60.3 Å². The molecule has 3 heterocycles. The first-order valence-corrected chi connectivity index (χ1v) is 15.2. The molecule has 2 aromatic heterocycles. The first-order chi connectivity index (χ1) is 20.7. The Morgan fingerprint density at radius 1 is 0.977 bits per heavy atom. The molecule has 11 nitrogen and oxygen atoms in total. The molecule has 0 spiro atoms. The number of anilines is 3. The molecule has 3 aromatic carbocycles. The molecule has 1 atom stereocenters. The van der Waals surface area contributed by atoms with Crippen molar-refractivity contribution in [2.75, 3.05) is 48.3 Å². The number of hydrogen-bond donors (Lipinski definition) is 1. The Morgan fingerprint density at radius 2 is 1.74 bits per heavy atom. The number of morpholine rings is 1. The maximum atomic E-state index is 13.5. The molecule has 0 aliphatic carbocycles. The topological polar surface area (TPSA) is 123 Å². The second-order valence-electron chi connectivity index (χ2n) is 10.5. The van der Waals surface area contributed by atoms with Gasteiger partial charge in [0.15, 0.2) is 0 Å². The average Bonchev–Trinajstić information content (AvgIpc) is 3.02. The normalized spacial score (nSPS) is 15.4. The summed E-state index contributed by atoms with van der Waals surface area (Å²) in [4.78, 5) is 29.9.